The van der Waals surface area contributed by atoms with Crippen molar-refractivity contribution in [2.75, 3.05) is 42.7 Å². The number of aromatic hydroxyl groups is 2. The lowest BCUT2D eigenvalue weighted by Crippen LogP contribution is -2.18. The Hall–Kier alpha value is -8.54. The van der Waals surface area contributed by atoms with Gasteiger partial charge in [-0.15, -0.1) is 0 Å². The summed E-state index contributed by atoms with van der Waals surface area (Å²) in [4.78, 5) is 80.5. The Morgan fingerprint density at radius 3 is 1.09 bits per heavy atom. The smallest absolute Gasteiger partial charge is 0.345 e. The molecule has 0 spiro atoms. The summed E-state index contributed by atoms with van der Waals surface area (Å²) in [5.41, 5.74) is -1.16. The zero-order chi connectivity index (χ0) is 51.1. The monoisotopic (exact) mass is 962 g/mol. The van der Waals surface area contributed by atoms with E-state index in [1.54, 1.807) is 74.5 Å². The molecule has 0 unspecified atom stereocenters. The average molecular weight is 963 g/mol. The molecule has 0 aliphatic carbocycles. The highest BCUT2D eigenvalue weighted by molar-refractivity contribution is 6.22. The molecule has 0 aromatic heterocycles. The number of phenolic OH excluding ortho intramolecular Hbond substituents is 2. The van der Waals surface area contributed by atoms with E-state index in [2.05, 4.69) is 0 Å². The van der Waals surface area contributed by atoms with Crippen molar-refractivity contribution in [3.8, 4) is 57.1 Å². The topological polar surface area (TPSA) is 235 Å². The van der Waals surface area contributed by atoms with E-state index in [0.717, 1.165) is 28.1 Å². The molecule has 0 saturated heterocycles. The van der Waals surface area contributed by atoms with E-state index in [1.165, 1.54) is 40.6 Å². The van der Waals surface area contributed by atoms with Gasteiger partial charge in [0.2, 0.25) is 0 Å². The Kier molecular flexibility index (Phi) is 15.7. The van der Waals surface area contributed by atoms with Crippen LogP contribution in [0.2, 0.25) is 0 Å². The summed E-state index contributed by atoms with van der Waals surface area (Å²) in [5, 5.41) is 24.8. The lowest BCUT2D eigenvalue weighted by Gasteiger charge is -2.26. The summed E-state index contributed by atoms with van der Waals surface area (Å²) in [7, 11) is 6.98. The minimum atomic E-state index is -1.17. The first-order chi connectivity index (χ1) is 33.5. The third-order valence-electron chi connectivity index (χ3n) is 11.0. The molecule has 18 heteroatoms. The molecule has 6 rings (SSSR count). The standard InChI is InChI=1S/C52H50O18/c1-25(67-49(57)29-17-13-11-14-18-29)21-31-23-33-35(41(55)39(51(59)65-9)45(63-7)37(33)47(43(31)61-5)69-27(3)53)36-34-24-32(22-26(2)68-50(58)30-19-15-12-16-20-30)44(62-6)48(70-28(4)54)38(34)46(64-8)40(42(36)56)52(60)66-10/h11-20,23-26,55-56H,21-22H2,1-10H3/t25-,26-/m1/s1. The second-order valence-electron chi connectivity index (χ2n) is 15.6. The van der Waals surface area contributed by atoms with Crippen LogP contribution in [0.1, 0.15) is 80.3 Å². The highest BCUT2D eigenvalue weighted by atomic mass is 16.6. The summed E-state index contributed by atoms with van der Waals surface area (Å²) in [6.07, 6.45) is -2.07. The number of fused-ring (bicyclic) bond motifs is 2. The first kappa shape index (κ1) is 50.9. The van der Waals surface area contributed by atoms with Crippen molar-refractivity contribution >= 4 is 57.4 Å². The van der Waals surface area contributed by atoms with Crippen molar-refractivity contribution in [1.29, 1.82) is 0 Å². The zero-order valence-corrected chi connectivity index (χ0v) is 39.9. The average Bonchev–Trinajstić information content (AvgIpc) is 3.33. The maximum Gasteiger partial charge on any atom is 0.345 e. The number of carbonyl (C=O) groups is 6. The van der Waals surface area contributed by atoms with E-state index in [-0.39, 0.29) is 91.1 Å². The van der Waals surface area contributed by atoms with E-state index in [4.69, 9.17) is 47.4 Å². The molecule has 0 fully saturated rings. The molecule has 70 heavy (non-hydrogen) atoms. The molecular weight excluding hydrogens is 913 g/mol. The predicted molar refractivity (Wildman–Crippen MR) is 252 cm³/mol. The van der Waals surface area contributed by atoms with Gasteiger partial charge >= 0.3 is 35.8 Å². The number of benzene rings is 6. The normalized spacial score (nSPS) is 11.7. The SMILES string of the molecule is COC(=O)c1c(O)c(-c2c(O)c(C(=O)OC)c(OC)c3c(OC(C)=O)c(OC)c(C[C@@H](C)OC(=O)c4ccccc4)cc23)c2cc(C[C@@H](C)OC(=O)c3ccccc3)c(OC)c(OC(C)=O)c2c1OC. The Morgan fingerprint density at radius 2 is 0.800 bits per heavy atom. The van der Waals surface area contributed by atoms with E-state index in [1.807, 2.05) is 0 Å². The Balaban J connectivity index is 1.82. The highest BCUT2D eigenvalue weighted by Crippen LogP contribution is 2.59. The molecule has 0 saturated carbocycles. The minimum Gasteiger partial charge on any atom is -0.506 e. The molecule has 6 aromatic rings. The van der Waals surface area contributed by atoms with Gasteiger partial charge in [-0.25, -0.2) is 19.2 Å². The molecule has 0 amide bonds. The van der Waals surface area contributed by atoms with Crippen LogP contribution in [0, 0.1) is 0 Å². The van der Waals surface area contributed by atoms with Gasteiger partial charge in [-0.3, -0.25) is 9.59 Å². The van der Waals surface area contributed by atoms with Crippen LogP contribution >= 0.6 is 0 Å². The van der Waals surface area contributed by atoms with Crippen LogP contribution in [0.15, 0.2) is 72.8 Å². The molecule has 0 aliphatic rings. The van der Waals surface area contributed by atoms with Gasteiger partial charge < -0.3 is 57.6 Å². The van der Waals surface area contributed by atoms with Crippen LogP contribution in [-0.2, 0) is 41.4 Å². The molecule has 0 heterocycles. The summed E-state index contributed by atoms with van der Waals surface area (Å²) in [6.45, 7) is 5.41. The second kappa shape index (κ2) is 21.6. The van der Waals surface area contributed by atoms with Crippen molar-refractivity contribution in [3.05, 3.63) is 106 Å². The van der Waals surface area contributed by atoms with Gasteiger partial charge in [0.25, 0.3) is 0 Å². The molecule has 0 bridgehead atoms. The number of methoxy groups -OCH3 is 6. The van der Waals surface area contributed by atoms with Gasteiger partial charge in [-0.1, -0.05) is 36.4 Å². The van der Waals surface area contributed by atoms with Gasteiger partial charge in [0.1, 0.15) is 46.3 Å². The van der Waals surface area contributed by atoms with Crippen LogP contribution in [0.5, 0.6) is 46.0 Å². The van der Waals surface area contributed by atoms with Gasteiger partial charge in [0, 0.05) is 59.7 Å². The Labute approximate surface area is 401 Å². The fourth-order valence-electron chi connectivity index (χ4n) is 8.29. The first-order valence-corrected chi connectivity index (χ1v) is 21.4. The molecule has 0 radical (unpaired) electrons. The maximum absolute atomic E-state index is 13.9. The lowest BCUT2D eigenvalue weighted by molar-refractivity contribution is -0.132. The molecule has 18 nitrogen and oxygen atoms in total. The van der Waals surface area contributed by atoms with Crippen LogP contribution < -0.4 is 28.4 Å². The van der Waals surface area contributed by atoms with Crippen molar-refractivity contribution in [3.63, 3.8) is 0 Å². The molecule has 2 atom stereocenters. The third kappa shape index (κ3) is 9.87. The van der Waals surface area contributed by atoms with Crippen LogP contribution in [0.25, 0.3) is 32.7 Å². The van der Waals surface area contributed by atoms with E-state index < -0.39 is 81.8 Å². The summed E-state index contributed by atoms with van der Waals surface area (Å²) in [5.74, 6) is -8.76. The number of carbonyl (C=O) groups excluding carboxylic acids is 6. The zero-order valence-electron chi connectivity index (χ0n) is 39.9. The van der Waals surface area contributed by atoms with Crippen LogP contribution in [0.3, 0.4) is 0 Å². The van der Waals surface area contributed by atoms with Crippen LogP contribution in [-0.4, -0.2) is 101 Å². The molecule has 0 aliphatic heterocycles. The number of hydrogen-bond acceptors (Lipinski definition) is 18. The van der Waals surface area contributed by atoms with Gasteiger partial charge in [-0.2, -0.15) is 0 Å². The quantitative estimate of drug-likeness (QED) is 0.0499. The van der Waals surface area contributed by atoms with Crippen LogP contribution in [0.4, 0.5) is 0 Å². The molecule has 366 valence electrons. The summed E-state index contributed by atoms with van der Waals surface area (Å²) >= 11 is 0. The van der Waals surface area contributed by atoms with E-state index >= 15 is 0 Å². The number of phenols is 2. The number of hydrogen-bond donors (Lipinski definition) is 2. The maximum atomic E-state index is 13.9. The Bertz CT molecular complexity index is 2830. The second-order valence-corrected chi connectivity index (χ2v) is 15.6. The predicted octanol–water partition coefficient (Wildman–Crippen LogP) is 8.11. The highest BCUT2D eigenvalue weighted by Gasteiger charge is 2.38. The largest absolute Gasteiger partial charge is 0.506 e. The molecule has 2 N–H and O–H groups in total. The van der Waals surface area contributed by atoms with Crippen molar-refractivity contribution < 1.29 is 86.3 Å². The molecule has 6 aromatic carbocycles. The fourth-order valence-corrected chi connectivity index (χ4v) is 8.29. The number of esters is 6. The van der Waals surface area contributed by atoms with Crippen molar-refractivity contribution in [1.82, 2.24) is 0 Å². The number of rotatable bonds is 17. The van der Waals surface area contributed by atoms with E-state index in [9.17, 15) is 39.0 Å². The summed E-state index contributed by atoms with van der Waals surface area (Å²) in [6, 6.07) is 19.4. The Morgan fingerprint density at radius 1 is 0.471 bits per heavy atom. The van der Waals surface area contributed by atoms with E-state index in [0.29, 0.717) is 0 Å². The fraction of sp³-hybridized carbons (Fsp3) is 0.269. The molecular formula is C52H50O18. The third-order valence-corrected chi connectivity index (χ3v) is 11.0. The van der Waals surface area contributed by atoms with Crippen molar-refractivity contribution in [2.24, 2.45) is 0 Å². The minimum absolute atomic E-state index is 0.0849. The van der Waals surface area contributed by atoms with Crippen molar-refractivity contribution in [2.45, 2.75) is 52.7 Å². The summed E-state index contributed by atoms with van der Waals surface area (Å²) < 4.78 is 57.0. The first-order valence-electron chi connectivity index (χ1n) is 21.4. The lowest BCUT2D eigenvalue weighted by atomic mass is 9.85. The van der Waals surface area contributed by atoms with Gasteiger partial charge in [0.15, 0.2) is 23.0 Å². The van der Waals surface area contributed by atoms with Gasteiger partial charge in [-0.05, 0) is 50.2 Å². The number of ether oxygens (including phenoxy) is 10. The van der Waals surface area contributed by atoms with Gasteiger partial charge in [0.05, 0.1) is 64.6 Å².